The van der Waals surface area contributed by atoms with Crippen LogP contribution in [0.5, 0.6) is 5.75 Å². The number of hydrogen-bond donors (Lipinski definition) is 2. The van der Waals surface area contributed by atoms with Crippen molar-refractivity contribution in [2.75, 3.05) is 11.9 Å². The van der Waals surface area contributed by atoms with Gasteiger partial charge in [0.1, 0.15) is 11.4 Å². The maximum atomic E-state index is 12.5. The summed E-state index contributed by atoms with van der Waals surface area (Å²) in [6.07, 6.45) is -3.68. The number of benzene rings is 1. The zero-order valence-electron chi connectivity index (χ0n) is 13.6. The molecule has 3 rings (SSSR count). The summed E-state index contributed by atoms with van der Waals surface area (Å²) in [6, 6.07) is 6.44. The third kappa shape index (κ3) is 3.76. The molecule has 2 amide bonds. The molecule has 0 fully saturated rings. The van der Waals surface area contributed by atoms with Crippen molar-refractivity contribution in [3.63, 3.8) is 0 Å². The van der Waals surface area contributed by atoms with Crippen LogP contribution in [0.3, 0.4) is 0 Å². The van der Waals surface area contributed by atoms with E-state index >= 15 is 0 Å². The van der Waals surface area contributed by atoms with Gasteiger partial charge in [-0.05, 0) is 36.8 Å². The Morgan fingerprint density at radius 1 is 1.31 bits per heavy atom. The van der Waals surface area contributed by atoms with Gasteiger partial charge in [-0.1, -0.05) is 6.07 Å². The molecule has 2 aromatic rings. The molecule has 0 bridgehead atoms. The van der Waals surface area contributed by atoms with Crippen molar-refractivity contribution in [3.05, 3.63) is 53.3 Å². The summed E-state index contributed by atoms with van der Waals surface area (Å²) in [4.78, 5) is 26.8. The Hall–Kier alpha value is -3.10. The minimum absolute atomic E-state index is 0.0134. The minimum atomic E-state index is -4.56. The summed E-state index contributed by atoms with van der Waals surface area (Å²) in [5, 5.41) is 5.34. The van der Waals surface area contributed by atoms with Crippen LogP contribution >= 0.6 is 0 Å². The van der Waals surface area contributed by atoms with E-state index in [0.29, 0.717) is 17.0 Å². The first-order valence-electron chi connectivity index (χ1n) is 7.65. The molecule has 9 heteroatoms. The maximum Gasteiger partial charge on any atom is 0.433 e. The van der Waals surface area contributed by atoms with E-state index < -0.39 is 23.8 Å². The van der Waals surface area contributed by atoms with Crippen molar-refractivity contribution in [1.82, 2.24) is 10.3 Å². The van der Waals surface area contributed by atoms with Crippen molar-refractivity contribution >= 4 is 17.5 Å². The predicted octanol–water partition coefficient (Wildman–Crippen LogP) is 2.92. The van der Waals surface area contributed by atoms with Crippen LogP contribution in [0.25, 0.3) is 0 Å². The summed E-state index contributed by atoms with van der Waals surface area (Å²) < 4.78 is 42.8. The number of nitrogens with one attached hydrogen (secondary N) is 2. The molecule has 6 nitrogen and oxygen atoms in total. The molecule has 0 aliphatic carbocycles. The van der Waals surface area contributed by atoms with Gasteiger partial charge in [-0.3, -0.25) is 14.6 Å². The maximum absolute atomic E-state index is 12.5. The molecule has 2 N–H and O–H groups in total. The predicted molar refractivity (Wildman–Crippen MR) is 85.7 cm³/mol. The van der Waals surface area contributed by atoms with E-state index in [4.69, 9.17) is 4.74 Å². The lowest BCUT2D eigenvalue weighted by atomic mass is 10.1. The molecule has 1 aliphatic rings. The van der Waals surface area contributed by atoms with Gasteiger partial charge in [0.05, 0.1) is 17.3 Å². The van der Waals surface area contributed by atoms with Crippen molar-refractivity contribution < 1.29 is 27.5 Å². The number of rotatable bonds is 3. The van der Waals surface area contributed by atoms with Crippen LogP contribution in [0.1, 0.15) is 34.6 Å². The molecule has 0 radical (unpaired) electrons. The molecule has 1 aromatic carbocycles. The third-order valence-corrected chi connectivity index (χ3v) is 3.80. The highest BCUT2D eigenvalue weighted by molar-refractivity contribution is 5.96. The number of ether oxygens (including phenoxy) is 1. The van der Waals surface area contributed by atoms with Crippen LogP contribution < -0.4 is 15.4 Å². The molecular weight excluding hydrogens is 351 g/mol. The Bertz CT molecular complexity index is 851. The normalized spacial score (nSPS) is 14.7. The lowest BCUT2D eigenvalue weighted by Gasteiger charge is -2.21. The van der Waals surface area contributed by atoms with Crippen LogP contribution in [0.15, 0.2) is 36.5 Å². The van der Waals surface area contributed by atoms with Gasteiger partial charge in [-0.15, -0.1) is 0 Å². The monoisotopic (exact) mass is 365 g/mol. The van der Waals surface area contributed by atoms with E-state index in [0.717, 1.165) is 18.3 Å². The summed E-state index contributed by atoms with van der Waals surface area (Å²) >= 11 is 0. The van der Waals surface area contributed by atoms with E-state index in [-0.39, 0.29) is 18.1 Å². The van der Waals surface area contributed by atoms with Crippen LogP contribution in [-0.2, 0) is 11.0 Å². The van der Waals surface area contributed by atoms with Gasteiger partial charge in [-0.25, -0.2) is 0 Å². The number of anilines is 1. The van der Waals surface area contributed by atoms with E-state index in [1.54, 1.807) is 25.1 Å². The average Bonchev–Trinajstić information content (AvgIpc) is 2.60. The lowest BCUT2D eigenvalue weighted by Crippen LogP contribution is -2.28. The number of fused-ring (bicyclic) bond motifs is 1. The largest absolute Gasteiger partial charge is 0.482 e. The van der Waals surface area contributed by atoms with Crippen molar-refractivity contribution in [1.29, 1.82) is 0 Å². The number of hydrogen-bond acceptors (Lipinski definition) is 4. The number of pyridine rings is 1. The lowest BCUT2D eigenvalue weighted by molar-refractivity contribution is -0.141. The third-order valence-electron chi connectivity index (χ3n) is 3.80. The number of halogens is 3. The fraction of sp³-hybridized carbons (Fsp3) is 0.235. The van der Waals surface area contributed by atoms with Gasteiger partial charge in [-0.2, -0.15) is 13.2 Å². The molecule has 0 unspecified atom stereocenters. The van der Waals surface area contributed by atoms with E-state index in [2.05, 4.69) is 15.6 Å². The average molecular weight is 365 g/mol. The van der Waals surface area contributed by atoms with E-state index in [1.807, 2.05) is 0 Å². The van der Waals surface area contributed by atoms with Gasteiger partial charge < -0.3 is 15.4 Å². The quantitative estimate of drug-likeness (QED) is 0.877. The highest BCUT2D eigenvalue weighted by Gasteiger charge is 2.32. The van der Waals surface area contributed by atoms with Crippen LogP contribution in [0.2, 0.25) is 0 Å². The fourth-order valence-electron chi connectivity index (χ4n) is 2.43. The summed E-state index contributed by atoms with van der Waals surface area (Å²) in [7, 11) is 0. The fourth-order valence-corrected chi connectivity index (χ4v) is 2.43. The molecular formula is C17H14F3N3O3. The Labute approximate surface area is 146 Å². The second-order valence-electron chi connectivity index (χ2n) is 5.72. The van der Waals surface area contributed by atoms with E-state index in [1.165, 1.54) is 0 Å². The zero-order valence-corrected chi connectivity index (χ0v) is 13.6. The van der Waals surface area contributed by atoms with Gasteiger partial charge >= 0.3 is 6.18 Å². The first kappa shape index (κ1) is 17.7. The summed E-state index contributed by atoms with van der Waals surface area (Å²) in [6.45, 7) is 1.65. The number of aromatic nitrogens is 1. The summed E-state index contributed by atoms with van der Waals surface area (Å²) in [5.74, 6) is -0.308. The van der Waals surface area contributed by atoms with E-state index in [9.17, 15) is 22.8 Å². The molecule has 2 heterocycles. The number of nitrogens with zero attached hydrogens (tertiary/aromatic N) is 1. The number of carbonyl (C=O) groups is 2. The molecule has 26 heavy (non-hydrogen) atoms. The number of carbonyl (C=O) groups excluding carboxylic acids is 2. The number of alkyl halides is 3. The molecule has 1 atom stereocenters. The summed E-state index contributed by atoms with van der Waals surface area (Å²) in [5.41, 5.74) is 0.144. The highest BCUT2D eigenvalue weighted by atomic mass is 19.4. The molecule has 0 saturated heterocycles. The molecule has 0 spiro atoms. The second kappa shape index (κ2) is 6.66. The van der Waals surface area contributed by atoms with Crippen molar-refractivity contribution in [3.8, 4) is 5.75 Å². The Kier molecular flexibility index (Phi) is 4.54. The van der Waals surface area contributed by atoms with Crippen molar-refractivity contribution in [2.24, 2.45) is 0 Å². The SMILES string of the molecule is C[C@@H](NC(=O)c1ccc(C(F)(F)F)nc1)c1ccc2c(c1)NC(=O)CO2. The van der Waals surface area contributed by atoms with Gasteiger partial charge in [0, 0.05) is 6.20 Å². The first-order chi connectivity index (χ1) is 12.2. The molecule has 136 valence electrons. The Balaban J connectivity index is 1.71. The zero-order chi connectivity index (χ0) is 18.9. The molecule has 0 saturated carbocycles. The smallest absolute Gasteiger partial charge is 0.433 e. The van der Waals surface area contributed by atoms with Gasteiger partial charge in [0.25, 0.3) is 11.8 Å². The Morgan fingerprint density at radius 3 is 2.73 bits per heavy atom. The molecule has 1 aromatic heterocycles. The van der Waals surface area contributed by atoms with Crippen LogP contribution in [0, 0.1) is 0 Å². The highest BCUT2D eigenvalue weighted by Crippen LogP contribution is 2.31. The van der Waals surface area contributed by atoms with Gasteiger partial charge in [0.2, 0.25) is 0 Å². The second-order valence-corrected chi connectivity index (χ2v) is 5.72. The minimum Gasteiger partial charge on any atom is -0.482 e. The van der Waals surface area contributed by atoms with Crippen LogP contribution in [0.4, 0.5) is 18.9 Å². The van der Waals surface area contributed by atoms with Crippen LogP contribution in [-0.4, -0.2) is 23.4 Å². The van der Waals surface area contributed by atoms with Crippen molar-refractivity contribution in [2.45, 2.75) is 19.1 Å². The number of amides is 2. The molecule has 1 aliphatic heterocycles. The Morgan fingerprint density at radius 2 is 2.08 bits per heavy atom. The first-order valence-corrected chi connectivity index (χ1v) is 7.65. The standard InChI is InChI=1S/C17H14F3N3O3/c1-9(10-2-4-13-12(6-10)23-15(24)8-26-13)22-16(25)11-3-5-14(21-7-11)17(18,19)20/h2-7,9H,8H2,1H3,(H,22,25)(H,23,24)/t9-/m1/s1. The topological polar surface area (TPSA) is 80.3 Å². The van der Waals surface area contributed by atoms with Gasteiger partial charge in [0.15, 0.2) is 6.61 Å².